The highest BCUT2D eigenvalue weighted by Crippen LogP contribution is 2.34. The van der Waals surface area contributed by atoms with E-state index in [-0.39, 0.29) is 11.7 Å². The van der Waals surface area contributed by atoms with Gasteiger partial charge in [-0.2, -0.15) is 0 Å². The molecule has 0 atom stereocenters. The molecule has 0 unspecified atom stereocenters. The maximum Gasteiger partial charge on any atom is 0.234 e. The fourth-order valence-corrected chi connectivity index (χ4v) is 5.59. The lowest BCUT2D eigenvalue weighted by molar-refractivity contribution is -0.113. The second-order valence-electron chi connectivity index (χ2n) is 5.35. The fraction of sp³-hybridized carbons (Fsp3) is 0.176. The van der Waals surface area contributed by atoms with E-state index in [1.54, 1.807) is 6.20 Å². The van der Waals surface area contributed by atoms with Crippen LogP contribution in [0.25, 0.3) is 11.5 Å². The quantitative estimate of drug-likeness (QED) is 0.400. The number of benzene rings is 1. The number of thioether (sulfide) groups is 1. The fourth-order valence-electron chi connectivity index (χ4n) is 2.33. The molecule has 0 saturated heterocycles. The largest absolute Gasteiger partial charge is 0.323 e. The molecule has 10 heteroatoms. The van der Waals surface area contributed by atoms with Gasteiger partial charge in [0.05, 0.1) is 11.4 Å². The third kappa shape index (κ3) is 4.98. The highest BCUT2D eigenvalue weighted by molar-refractivity contribution is 9.11. The minimum absolute atomic E-state index is 0.131. The Morgan fingerprint density at radius 3 is 2.56 bits per heavy atom. The number of pyridine rings is 1. The van der Waals surface area contributed by atoms with Crippen molar-refractivity contribution in [2.24, 2.45) is 0 Å². The SMILES string of the molecule is CCn1c(SCC(=O)Nc2c(Br)cc(Br)cc2Br)nnc1-c1ccccn1. The van der Waals surface area contributed by atoms with Crippen LogP contribution >= 0.6 is 59.6 Å². The first-order valence-corrected chi connectivity index (χ1v) is 11.3. The third-order valence-electron chi connectivity index (χ3n) is 3.53. The van der Waals surface area contributed by atoms with Crippen molar-refractivity contribution >= 4 is 71.1 Å². The second kappa shape index (κ2) is 9.31. The van der Waals surface area contributed by atoms with Crippen LogP contribution in [0, 0.1) is 0 Å². The zero-order chi connectivity index (χ0) is 19.4. The summed E-state index contributed by atoms with van der Waals surface area (Å²) < 4.78 is 4.44. The number of amides is 1. The van der Waals surface area contributed by atoms with Gasteiger partial charge in [-0.1, -0.05) is 33.8 Å². The average Bonchev–Trinajstić information content (AvgIpc) is 3.06. The van der Waals surface area contributed by atoms with Crippen molar-refractivity contribution in [3.05, 3.63) is 49.9 Å². The molecule has 3 aromatic rings. The molecule has 0 fully saturated rings. The van der Waals surface area contributed by atoms with Gasteiger partial charge in [0, 0.05) is 26.2 Å². The summed E-state index contributed by atoms with van der Waals surface area (Å²) in [6.07, 6.45) is 1.72. The van der Waals surface area contributed by atoms with Gasteiger partial charge in [0.25, 0.3) is 0 Å². The minimum atomic E-state index is -0.131. The molecule has 27 heavy (non-hydrogen) atoms. The third-order valence-corrected chi connectivity index (χ3v) is 6.21. The topological polar surface area (TPSA) is 72.7 Å². The van der Waals surface area contributed by atoms with E-state index in [0.29, 0.717) is 23.2 Å². The molecule has 6 nitrogen and oxygen atoms in total. The number of rotatable bonds is 6. The first kappa shape index (κ1) is 20.5. The summed E-state index contributed by atoms with van der Waals surface area (Å²) in [5.41, 5.74) is 1.45. The predicted octanol–water partition coefficient (Wildman–Crippen LogP) is 5.38. The smallest absolute Gasteiger partial charge is 0.234 e. The summed E-state index contributed by atoms with van der Waals surface area (Å²) in [5, 5.41) is 12.0. The Hall–Kier alpha value is -1.23. The van der Waals surface area contributed by atoms with E-state index in [2.05, 4.69) is 68.3 Å². The Morgan fingerprint density at radius 2 is 1.93 bits per heavy atom. The normalized spacial score (nSPS) is 10.8. The van der Waals surface area contributed by atoms with Crippen molar-refractivity contribution in [3.63, 3.8) is 0 Å². The first-order valence-electron chi connectivity index (χ1n) is 7.91. The summed E-state index contributed by atoms with van der Waals surface area (Å²) in [4.78, 5) is 16.7. The molecule has 1 amide bonds. The molecule has 2 heterocycles. The number of carbonyl (C=O) groups is 1. The molecule has 1 N–H and O–H groups in total. The highest BCUT2D eigenvalue weighted by Gasteiger charge is 2.16. The number of nitrogens with one attached hydrogen (secondary N) is 1. The van der Waals surface area contributed by atoms with Crippen molar-refractivity contribution in [1.82, 2.24) is 19.7 Å². The summed E-state index contributed by atoms with van der Waals surface area (Å²) in [7, 11) is 0. The second-order valence-corrected chi connectivity index (χ2v) is 8.91. The standard InChI is InChI=1S/C17H14Br3N5OS/c1-2-25-16(13-5-3-4-6-21-13)23-24-17(25)27-9-14(26)22-15-11(19)7-10(18)8-12(15)20/h3-8H,2,9H2,1H3,(H,22,26). The van der Waals surface area contributed by atoms with Gasteiger partial charge < -0.3 is 9.88 Å². The molecule has 0 aliphatic heterocycles. The zero-order valence-corrected chi connectivity index (χ0v) is 19.7. The van der Waals surface area contributed by atoms with E-state index in [0.717, 1.165) is 19.1 Å². The van der Waals surface area contributed by atoms with Gasteiger partial charge in [-0.15, -0.1) is 10.2 Å². The molecular weight excluding hydrogens is 562 g/mol. The van der Waals surface area contributed by atoms with Gasteiger partial charge in [-0.05, 0) is 63.0 Å². The lowest BCUT2D eigenvalue weighted by atomic mass is 10.3. The monoisotopic (exact) mass is 573 g/mol. The number of halogens is 3. The Morgan fingerprint density at radius 1 is 1.19 bits per heavy atom. The molecule has 3 rings (SSSR count). The molecule has 0 spiro atoms. The van der Waals surface area contributed by atoms with Gasteiger partial charge in [-0.3, -0.25) is 9.78 Å². The lowest BCUT2D eigenvalue weighted by Crippen LogP contribution is -2.15. The molecule has 0 aliphatic carbocycles. The van der Waals surface area contributed by atoms with Gasteiger partial charge in [-0.25, -0.2) is 0 Å². The molecular formula is C17H14Br3N5OS. The van der Waals surface area contributed by atoms with Crippen molar-refractivity contribution in [2.75, 3.05) is 11.1 Å². The van der Waals surface area contributed by atoms with E-state index in [1.807, 2.05) is 41.8 Å². The molecule has 1 aromatic carbocycles. The van der Waals surface area contributed by atoms with Crippen LogP contribution in [-0.4, -0.2) is 31.4 Å². The Labute approximate surface area is 185 Å². The van der Waals surface area contributed by atoms with Crippen LogP contribution in [0.15, 0.2) is 55.1 Å². The highest BCUT2D eigenvalue weighted by atomic mass is 79.9. The van der Waals surface area contributed by atoms with Crippen LogP contribution in [0.5, 0.6) is 0 Å². The van der Waals surface area contributed by atoms with Crippen LogP contribution in [-0.2, 0) is 11.3 Å². The van der Waals surface area contributed by atoms with Gasteiger partial charge >= 0.3 is 0 Å². The van der Waals surface area contributed by atoms with Crippen LogP contribution in [0.4, 0.5) is 5.69 Å². The average molecular weight is 576 g/mol. The molecule has 0 aliphatic rings. The Balaban J connectivity index is 1.70. The first-order chi connectivity index (χ1) is 13.0. The maximum atomic E-state index is 12.4. The molecule has 2 aromatic heterocycles. The van der Waals surface area contributed by atoms with Crippen molar-refractivity contribution in [2.45, 2.75) is 18.6 Å². The van der Waals surface area contributed by atoms with Crippen molar-refractivity contribution in [1.29, 1.82) is 0 Å². The van der Waals surface area contributed by atoms with Gasteiger partial charge in [0.2, 0.25) is 5.91 Å². The van der Waals surface area contributed by atoms with E-state index in [1.165, 1.54) is 11.8 Å². The van der Waals surface area contributed by atoms with E-state index in [4.69, 9.17) is 0 Å². The Bertz CT molecular complexity index is 941. The molecule has 0 saturated carbocycles. The number of hydrogen-bond donors (Lipinski definition) is 1. The number of hydrogen-bond acceptors (Lipinski definition) is 5. The van der Waals surface area contributed by atoms with Gasteiger partial charge in [0.15, 0.2) is 11.0 Å². The minimum Gasteiger partial charge on any atom is -0.323 e. The summed E-state index contributed by atoms with van der Waals surface area (Å²) in [6.45, 7) is 2.70. The summed E-state index contributed by atoms with van der Waals surface area (Å²) in [5.74, 6) is 0.781. The maximum absolute atomic E-state index is 12.4. The molecule has 140 valence electrons. The van der Waals surface area contributed by atoms with Crippen LogP contribution in [0.1, 0.15) is 6.92 Å². The van der Waals surface area contributed by atoms with Crippen LogP contribution in [0.2, 0.25) is 0 Å². The zero-order valence-electron chi connectivity index (χ0n) is 14.1. The number of carbonyl (C=O) groups excluding carboxylic acids is 1. The van der Waals surface area contributed by atoms with Crippen molar-refractivity contribution in [3.8, 4) is 11.5 Å². The van der Waals surface area contributed by atoms with E-state index < -0.39 is 0 Å². The number of aromatic nitrogens is 4. The summed E-state index contributed by atoms with van der Waals surface area (Å²) >= 11 is 11.7. The summed E-state index contributed by atoms with van der Waals surface area (Å²) in [6, 6.07) is 9.40. The van der Waals surface area contributed by atoms with E-state index >= 15 is 0 Å². The predicted molar refractivity (Wildman–Crippen MR) is 118 cm³/mol. The van der Waals surface area contributed by atoms with Crippen LogP contribution < -0.4 is 5.32 Å². The Kier molecular flexibility index (Phi) is 7.07. The van der Waals surface area contributed by atoms with E-state index in [9.17, 15) is 4.79 Å². The molecule has 0 radical (unpaired) electrons. The lowest BCUT2D eigenvalue weighted by Gasteiger charge is -2.10. The number of anilines is 1. The number of nitrogens with zero attached hydrogens (tertiary/aromatic N) is 4. The van der Waals surface area contributed by atoms with Crippen LogP contribution in [0.3, 0.4) is 0 Å². The van der Waals surface area contributed by atoms with Crippen molar-refractivity contribution < 1.29 is 4.79 Å². The molecule has 0 bridgehead atoms. The van der Waals surface area contributed by atoms with Gasteiger partial charge in [0.1, 0.15) is 5.69 Å².